The number of aliphatic hydroxyl groups is 1. The second kappa shape index (κ2) is 4.17. The van der Waals surface area contributed by atoms with E-state index in [1.54, 1.807) is 0 Å². The molecule has 0 aromatic carbocycles. The van der Waals surface area contributed by atoms with Crippen LogP contribution in [0.4, 0.5) is 13.2 Å². The number of rotatable bonds is 2. The summed E-state index contributed by atoms with van der Waals surface area (Å²) in [6, 6.07) is 0. The van der Waals surface area contributed by atoms with Crippen molar-refractivity contribution >= 4 is 0 Å². The van der Waals surface area contributed by atoms with Crippen LogP contribution in [0.25, 0.3) is 0 Å². The maximum Gasteiger partial charge on any atom is 0.301 e. The smallest absolute Gasteiger partial charge is 0.301 e. The van der Waals surface area contributed by atoms with Gasteiger partial charge in [0, 0.05) is 5.92 Å². The van der Waals surface area contributed by atoms with Crippen molar-refractivity contribution < 1.29 is 18.3 Å². The molecule has 1 N–H and O–H groups in total. The first kappa shape index (κ1) is 11.3. The molecular weight excluding hydrogens is 193 g/mol. The van der Waals surface area contributed by atoms with Gasteiger partial charge in [0.1, 0.15) is 0 Å². The van der Waals surface area contributed by atoms with Crippen molar-refractivity contribution in [2.45, 2.75) is 31.3 Å². The molecule has 0 aliphatic heterocycles. The molecule has 1 rings (SSSR count). The Balaban J connectivity index is 2.94. The van der Waals surface area contributed by atoms with Gasteiger partial charge in [-0.2, -0.15) is 8.78 Å². The monoisotopic (exact) mass is 206 g/mol. The summed E-state index contributed by atoms with van der Waals surface area (Å²) in [5.74, 6) is -2.62. The number of hydrogen-bond acceptors (Lipinski definition) is 1. The highest BCUT2D eigenvalue weighted by atomic mass is 19.3. The maximum atomic E-state index is 13.0. The van der Waals surface area contributed by atoms with Crippen LogP contribution in [0, 0.1) is 5.92 Å². The zero-order valence-corrected chi connectivity index (χ0v) is 7.77. The molecule has 0 aromatic rings. The van der Waals surface area contributed by atoms with Gasteiger partial charge in [-0.25, -0.2) is 4.39 Å². The molecule has 0 heterocycles. The summed E-state index contributed by atoms with van der Waals surface area (Å²) in [6.07, 6.45) is 0.728. The molecule has 0 unspecified atom stereocenters. The lowest BCUT2D eigenvalue weighted by Gasteiger charge is -2.36. The zero-order chi connectivity index (χ0) is 10.8. The van der Waals surface area contributed by atoms with E-state index in [0.717, 1.165) is 0 Å². The van der Waals surface area contributed by atoms with Crippen molar-refractivity contribution in [2.24, 2.45) is 5.92 Å². The number of hydrogen-bond donors (Lipinski definition) is 1. The largest absolute Gasteiger partial charge is 0.385 e. The predicted octanol–water partition coefficient (Wildman–Crippen LogP) is 3.17. The van der Waals surface area contributed by atoms with Crippen LogP contribution in [0.1, 0.15) is 25.7 Å². The van der Waals surface area contributed by atoms with Crippen molar-refractivity contribution in [1.82, 2.24) is 0 Å². The second-order valence-corrected chi connectivity index (χ2v) is 3.60. The quantitative estimate of drug-likeness (QED) is 0.688. The van der Waals surface area contributed by atoms with Crippen LogP contribution in [0.5, 0.6) is 0 Å². The molecule has 1 aliphatic carbocycles. The van der Waals surface area contributed by atoms with E-state index in [0.29, 0.717) is 19.3 Å². The second-order valence-electron chi connectivity index (χ2n) is 3.60. The fourth-order valence-corrected chi connectivity index (χ4v) is 1.90. The zero-order valence-electron chi connectivity index (χ0n) is 7.77. The third kappa shape index (κ3) is 2.00. The molecular formula is C10H13F3O. The van der Waals surface area contributed by atoms with Crippen molar-refractivity contribution in [3.8, 4) is 0 Å². The summed E-state index contributed by atoms with van der Waals surface area (Å²) in [7, 11) is 0. The van der Waals surface area contributed by atoms with Crippen LogP contribution in [0.2, 0.25) is 0 Å². The minimum absolute atomic E-state index is 0.242. The Morgan fingerprint density at radius 1 is 1.36 bits per heavy atom. The highest BCUT2D eigenvalue weighted by molar-refractivity contribution is 5.14. The van der Waals surface area contributed by atoms with Gasteiger partial charge in [0.2, 0.25) is 0 Å². The van der Waals surface area contributed by atoms with Gasteiger partial charge in [0.05, 0.1) is 5.60 Å². The number of halogens is 3. The van der Waals surface area contributed by atoms with Gasteiger partial charge < -0.3 is 5.11 Å². The lowest BCUT2D eigenvalue weighted by molar-refractivity contribution is -0.000148. The molecule has 0 saturated heterocycles. The van der Waals surface area contributed by atoms with E-state index in [9.17, 15) is 18.3 Å². The van der Waals surface area contributed by atoms with Crippen LogP contribution in [-0.2, 0) is 0 Å². The molecule has 0 aromatic heterocycles. The summed E-state index contributed by atoms with van der Waals surface area (Å²) >= 11 is 0. The molecule has 1 fully saturated rings. The van der Waals surface area contributed by atoms with E-state index in [4.69, 9.17) is 0 Å². The van der Waals surface area contributed by atoms with E-state index in [2.05, 4.69) is 6.58 Å². The van der Waals surface area contributed by atoms with Gasteiger partial charge in [0.15, 0.2) is 5.83 Å². The van der Waals surface area contributed by atoms with Gasteiger partial charge in [0.25, 0.3) is 0 Å². The Labute approximate surface area is 80.9 Å². The molecule has 2 atom stereocenters. The van der Waals surface area contributed by atoms with Crippen molar-refractivity contribution in [2.75, 3.05) is 0 Å². The average Bonchev–Trinajstić information content (AvgIpc) is 2.17. The summed E-state index contributed by atoms with van der Waals surface area (Å²) < 4.78 is 37.1. The van der Waals surface area contributed by atoms with Crippen molar-refractivity contribution in [3.05, 3.63) is 24.6 Å². The molecule has 1 aliphatic rings. The fourth-order valence-electron chi connectivity index (χ4n) is 1.90. The average molecular weight is 206 g/mol. The Morgan fingerprint density at radius 2 is 2.00 bits per heavy atom. The summed E-state index contributed by atoms with van der Waals surface area (Å²) in [5, 5.41) is 9.83. The van der Waals surface area contributed by atoms with Gasteiger partial charge >= 0.3 is 6.08 Å². The SMILES string of the molecule is C=C[C@@]1(O)CCCC[C@@H]1C(F)=C(F)F. The minimum Gasteiger partial charge on any atom is -0.385 e. The normalized spacial score (nSPS) is 32.4. The van der Waals surface area contributed by atoms with Crippen LogP contribution in [-0.4, -0.2) is 10.7 Å². The predicted molar refractivity (Wildman–Crippen MR) is 47.5 cm³/mol. The van der Waals surface area contributed by atoms with E-state index < -0.39 is 23.4 Å². The molecule has 14 heavy (non-hydrogen) atoms. The first-order chi connectivity index (χ1) is 6.51. The Kier molecular flexibility index (Phi) is 3.37. The molecule has 1 saturated carbocycles. The van der Waals surface area contributed by atoms with Gasteiger partial charge in [-0.15, -0.1) is 6.58 Å². The summed E-state index contributed by atoms with van der Waals surface area (Å²) in [5.41, 5.74) is -1.51. The molecule has 0 amide bonds. The Bertz CT molecular complexity index is 258. The van der Waals surface area contributed by atoms with E-state index in [-0.39, 0.29) is 6.42 Å². The van der Waals surface area contributed by atoms with Gasteiger partial charge in [-0.05, 0) is 12.8 Å². The maximum absolute atomic E-state index is 13.0. The highest BCUT2D eigenvalue weighted by Crippen LogP contribution is 2.40. The molecule has 4 heteroatoms. The topological polar surface area (TPSA) is 20.2 Å². The summed E-state index contributed by atoms with van der Waals surface area (Å²) in [6.45, 7) is 3.36. The standard InChI is InChI=1S/C10H13F3O/c1-2-10(14)6-4-3-5-7(10)8(11)9(12)13/h2,7,14H,1,3-6H2/t7-,10-/m1/s1. The molecule has 80 valence electrons. The van der Waals surface area contributed by atoms with Gasteiger partial charge in [-0.3, -0.25) is 0 Å². The fraction of sp³-hybridized carbons (Fsp3) is 0.600. The van der Waals surface area contributed by atoms with Crippen LogP contribution < -0.4 is 0 Å². The highest BCUT2D eigenvalue weighted by Gasteiger charge is 2.40. The Hall–Kier alpha value is -0.770. The van der Waals surface area contributed by atoms with Gasteiger partial charge in [-0.1, -0.05) is 18.9 Å². The lowest BCUT2D eigenvalue weighted by Crippen LogP contribution is -2.39. The van der Waals surface area contributed by atoms with E-state index in [1.165, 1.54) is 6.08 Å². The first-order valence-electron chi connectivity index (χ1n) is 4.58. The van der Waals surface area contributed by atoms with Crippen LogP contribution in [0.3, 0.4) is 0 Å². The van der Waals surface area contributed by atoms with Crippen LogP contribution in [0.15, 0.2) is 24.6 Å². The first-order valence-corrected chi connectivity index (χ1v) is 4.58. The van der Waals surface area contributed by atoms with Crippen LogP contribution >= 0.6 is 0 Å². The van der Waals surface area contributed by atoms with E-state index in [1.807, 2.05) is 0 Å². The third-order valence-corrected chi connectivity index (χ3v) is 2.76. The summed E-state index contributed by atoms with van der Waals surface area (Å²) in [4.78, 5) is 0. The third-order valence-electron chi connectivity index (χ3n) is 2.76. The minimum atomic E-state index is -2.34. The Morgan fingerprint density at radius 3 is 2.50 bits per heavy atom. The lowest BCUT2D eigenvalue weighted by atomic mass is 9.75. The molecule has 1 nitrogen and oxygen atoms in total. The van der Waals surface area contributed by atoms with Crippen molar-refractivity contribution in [1.29, 1.82) is 0 Å². The molecule has 0 radical (unpaired) electrons. The molecule has 0 bridgehead atoms. The van der Waals surface area contributed by atoms with Crippen molar-refractivity contribution in [3.63, 3.8) is 0 Å². The molecule has 0 spiro atoms. The van der Waals surface area contributed by atoms with E-state index >= 15 is 0 Å².